The minimum Gasteiger partial charge on any atom is -0.496 e. The van der Waals surface area contributed by atoms with Gasteiger partial charge in [0.1, 0.15) is 18.1 Å². The topological polar surface area (TPSA) is 87.6 Å². The highest BCUT2D eigenvalue weighted by Crippen LogP contribution is 2.24. The SMILES string of the molecule is COc1cc(COc2cccc(N)c2)cc([N+](=O)[O-])c1. The largest absolute Gasteiger partial charge is 0.496 e. The molecule has 6 nitrogen and oxygen atoms in total. The first-order valence-electron chi connectivity index (χ1n) is 5.89. The molecular formula is C14H14N2O4. The number of rotatable bonds is 5. The molecule has 0 atom stereocenters. The van der Waals surface area contributed by atoms with Gasteiger partial charge in [-0.15, -0.1) is 0 Å². The predicted molar refractivity (Wildman–Crippen MR) is 74.8 cm³/mol. The van der Waals surface area contributed by atoms with Gasteiger partial charge in [-0.2, -0.15) is 0 Å². The fourth-order valence-corrected chi connectivity index (χ4v) is 1.72. The molecule has 0 aliphatic heterocycles. The summed E-state index contributed by atoms with van der Waals surface area (Å²) < 4.78 is 10.6. The second-order valence-electron chi connectivity index (χ2n) is 4.16. The maximum Gasteiger partial charge on any atom is 0.273 e. The van der Waals surface area contributed by atoms with Crippen molar-refractivity contribution >= 4 is 11.4 Å². The van der Waals surface area contributed by atoms with E-state index in [0.29, 0.717) is 22.7 Å². The molecule has 0 bridgehead atoms. The lowest BCUT2D eigenvalue weighted by molar-refractivity contribution is -0.385. The van der Waals surface area contributed by atoms with E-state index < -0.39 is 4.92 Å². The summed E-state index contributed by atoms with van der Waals surface area (Å²) in [5, 5.41) is 10.8. The van der Waals surface area contributed by atoms with Gasteiger partial charge in [0, 0.05) is 17.8 Å². The number of nitro groups is 1. The molecule has 0 saturated carbocycles. The first kappa shape index (κ1) is 13.7. The lowest BCUT2D eigenvalue weighted by atomic mass is 10.2. The molecule has 0 amide bonds. The summed E-state index contributed by atoms with van der Waals surface area (Å²) in [6, 6.07) is 11.5. The van der Waals surface area contributed by atoms with Crippen molar-refractivity contribution in [3.63, 3.8) is 0 Å². The summed E-state index contributed by atoms with van der Waals surface area (Å²) in [5.41, 5.74) is 6.86. The predicted octanol–water partition coefficient (Wildman–Crippen LogP) is 2.76. The Kier molecular flexibility index (Phi) is 4.05. The van der Waals surface area contributed by atoms with Crippen LogP contribution in [-0.2, 0) is 6.61 Å². The second-order valence-corrected chi connectivity index (χ2v) is 4.16. The Morgan fingerprint density at radius 1 is 1.20 bits per heavy atom. The van der Waals surface area contributed by atoms with Crippen molar-refractivity contribution in [2.45, 2.75) is 6.61 Å². The van der Waals surface area contributed by atoms with E-state index >= 15 is 0 Å². The van der Waals surface area contributed by atoms with E-state index in [-0.39, 0.29) is 12.3 Å². The molecule has 2 aromatic rings. The van der Waals surface area contributed by atoms with Crippen molar-refractivity contribution in [1.29, 1.82) is 0 Å². The minimum absolute atomic E-state index is 0.0319. The number of non-ortho nitro benzene ring substituents is 1. The van der Waals surface area contributed by atoms with E-state index in [1.165, 1.54) is 19.2 Å². The monoisotopic (exact) mass is 274 g/mol. The van der Waals surface area contributed by atoms with Crippen LogP contribution in [0.4, 0.5) is 11.4 Å². The number of hydrogen-bond acceptors (Lipinski definition) is 5. The number of benzene rings is 2. The first-order chi connectivity index (χ1) is 9.58. The highest BCUT2D eigenvalue weighted by molar-refractivity contribution is 5.45. The molecule has 0 aliphatic rings. The smallest absolute Gasteiger partial charge is 0.273 e. The van der Waals surface area contributed by atoms with E-state index in [2.05, 4.69) is 0 Å². The zero-order valence-electron chi connectivity index (χ0n) is 10.9. The van der Waals surface area contributed by atoms with E-state index in [1.807, 2.05) is 0 Å². The van der Waals surface area contributed by atoms with Crippen molar-refractivity contribution in [3.05, 3.63) is 58.1 Å². The summed E-state index contributed by atoms with van der Waals surface area (Å²) in [6.45, 7) is 0.196. The van der Waals surface area contributed by atoms with Gasteiger partial charge in [-0.25, -0.2) is 0 Å². The van der Waals surface area contributed by atoms with E-state index in [9.17, 15) is 10.1 Å². The summed E-state index contributed by atoms with van der Waals surface area (Å²) in [5.74, 6) is 1.03. The number of nitro benzene ring substituents is 1. The van der Waals surface area contributed by atoms with Gasteiger partial charge in [0.05, 0.1) is 18.1 Å². The highest BCUT2D eigenvalue weighted by Gasteiger charge is 2.10. The molecule has 0 spiro atoms. The Labute approximate surface area is 115 Å². The Balaban J connectivity index is 2.16. The molecule has 0 fully saturated rings. The van der Waals surface area contributed by atoms with Crippen molar-refractivity contribution in [2.75, 3.05) is 12.8 Å². The summed E-state index contributed by atoms with van der Waals surface area (Å²) in [6.07, 6.45) is 0. The van der Waals surface area contributed by atoms with Crippen LogP contribution in [0, 0.1) is 10.1 Å². The summed E-state index contributed by atoms with van der Waals surface area (Å²) >= 11 is 0. The van der Waals surface area contributed by atoms with E-state index in [0.717, 1.165) is 0 Å². The summed E-state index contributed by atoms with van der Waals surface area (Å²) in [4.78, 5) is 10.4. The van der Waals surface area contributed by atoms with Crippen LogP contribution in [0.1, 0.15) is 5.56 Å². The molecule has 0 aromatic heterocycles. The third-order valence-electron chi connectivity index (χ3n) is 2.66. The minimum atomic E-state index is -0.466. The molecular weight excluding hydrogens is 260 g/mol. The zero-order valence-corrected chi connectivity index (χ0v) is 10.9. The third-order valence-corrected chi connectivity index (χ3v) is 2.66. The number of anilines is 1. The van der Waals surface area contributed by atoms with Gasteiger partial charge >= 0.3 is 0 Å². The van der Waals surface area contributed by atoms with Crippen LogP contribution < -0.4 is 15.2 Å². The zero-order chi connectivity index (χ0) is 14.5. The van der Waals surface area contributed by atoms with Crippen molar-refractivity contribution in [1.82, 2.24) is 0 Å². The maximum absolute atomic E-state index is 10.8. The standard InChI is InChI=1S/C14H14N2O4/c1-19-14-6-10(5-12(8-14)16(17)18)9-20-13-4-2-3-11(15)7-13/h2-8H,9,15H2,1H3. The molecule has 0 unspecified atom stereocenters. The Morgan fingerprint density at radius 3 is 2.65 bits per heavy atom. The number of nitrogens with two attached hydrogens (primary N) is 1. The average Bonchev–Trinajstić information content (AvgIpc) is 2.45. The molecule has 0 radical (unpaired) electrons. The van der Waals surface area contributed by atoms with Gasteiger partial charge in [0.25, 0.3) is 5.69 Å². The van der Waals surface area contributed by atoms with Gasteiger partial charge in [0.15, 0.2) is 0 Å². The molecule has 104 valence electrons. The number of methoxy groups -OCH3 is 1. The van der Waals surface area contributed by atoms with Gasteiger partial charge in [-0.3, -0.25) is 10.1 Å². The number of hydrogen-bond donors (Lipinski definition) is 1. The fourth-order valence-electron chi connectivity index (χ4n) is 1.72. The van der Waals surface area contributed by atoms with Crippen molar-refractivity contribution < 1.29 is 14.4 Å². The van der Waals surface area contributed by atoms with Gasteiger partial charge in [-0.05, 0) is 23.8 Å². The average molecular weight is 274 g/mol. The van der Waals surface area contributed by atoms with Gasteiger partial charge in [-0.1, -0.05) is 6.07 Å². The second kappa shape index (κ2) is 5.92. The molecule has 2 rings (SSSR count). The van der Waals surface area contributed by atoms with Crippen LogP contribution in [-0.4, -0.2) is 12.0 Å². The Hall–Kier alpha value is -2.76. The van der Waals surface area contributed by atoms with Crippen molar-refractivity contribution in [3.8, 4) is 11.5 Å². The molecule has 2 aromatic carbocycles. The summed E-state index contributed by atoms with van der Waals surface area (Å²) in [7, 11) is 1.46. The fraction of sp³-hybridized carbons (Fsp3) is 0.143. The lowest BCUT2D eigenvalue weighted by Gasteiger charge is -2.08. The van der Waals surface area contributed by atoms with Crippen LogP contribution in [0.15, 0.2) is 42.5 Å². The van der Waals surface area contributed by atoms with Gasteiger partial charge in [0.2, 0.25) is 0 Å². The van der Waals surface area contributed by atoms with Crippen LogP contribution in [0.25, 0.3) is 0 Å². The van der Waals surface area contributed by atoms with Gasteiger partial charge < -0.3 is 15.2 Å². The Bertz CT molecular complexity index is 628. The molecule has 2 N–H and O–H groups in total. The molecule has 0 aliphatic carbocycles. The molecule has 6 heteroatoms. The highest BCUT2D eigenvalue weighted by atomic mass is 16.6. The van der Waals surface area contributed by atoms with Crippen LogP contribution >= 0.6 is 0 Å². The van der Waals surface area contributed by atoms with E-state index in [4.69, 9.17) is 15.2 Å². The van der Waals surface area contributed by atoms with Crippen LogP contribution in [0.2, 0.25) is 0 Å². The number of nitrogen functional groups attached to an aromatic ring is 1. The molecule has 0 heterocycles. The third kappa shape index (κ3) is 3.38. The molecule has 20 heavy (non-hydrogen) atoms. The number of nitrogens with zero attached hydrogens (tertiary/aromatic N) is 1. The quantitative estimate of drug-likeness (QED) is 0.514. The van der Waals surface area contributed by atoms with Crippen molar-refractivity contribution in [2.24, 2.45) is 0 Å². The van der Waals surface area contributed by atoms with E-state index in [1.54, 1.807) is 30.3 Å². The normalized spacial score (nSPS) is 10.1. The van der Waals surface area contributed by atoms with Crippen LogP contribution in [0.3, 0.4) is 0 Å². The maximum atomic E-state index is 10.8. The molecule has 0 saturated heterocycles. The first-order valence-corrected chi connectivity index (χ1v) is 5.89. The van der Waals surface area contributed by atoms with Crippen LogP contribution in [0.5, 0.6) is 11.5 Å². The Morgan fingerprint density at radius 2 is 2.00 bits per heavy atom. The lowest BCUT2D eigenvalue weighted by Crippen LogP contribution is -1.99. The number of ether oxygens (including phenoxy) is 2.